The van der Waals surface area contributed by atoms with Gasteiger partial charge in [0.2, 0.25) is 5.95 Å². The highest BCUT2D eigenvalue weighted by atomic mass is 35.5. The summed E-state index contributed by atoms with van der Waals surface area (Å²) in [6, 6.07) is 10.7. The molecule has 0 aliphatic carbocycles. The molecule has 0 N–H and O–H groups in total. The first-order chi connectivity index (χ1) is 6.77. The summed E-state index contributed by atoms with van der Waals surface area (Å²) in [6.45, 7) is 0. The quantitative estimate of drug-likeness (QED) is 0.652. The molecule has 3 heteroatoms. The molecule has 1 aromatic carbocycles. The van der Waals surface area contributed by atoms with Crippen molar-refractivity contribution in [3.63, 3.8) is 0 Å². The molecule has 0 radical (unpaired) electrons. The number of nitrogens with zero attached hydrogens (tertiary/aromatic N) is 1. The molecule has 0 spiro atoms. The zero-order chi connectivity index (χ0) is 9.97. The lowest BCUT2D eigenvalue weighted by Gasteiger charge is -2.03. The maximum atomic E-state index is 12.9. The molecule has 0 saturated carbocycles. The van der Waals surface area contributed by atoms with Crippen molar-refractivity contribution in [3.05, 3.63) is 53.6 Å². The molecule has 2 rings (SSSR count). The second kappa shape index (κ2) is 3.76. The largest absolute Gasteiger partial charge is 0.227 e. The Kier molecular flexibility index (Phi) is 2.46. The summed E-state index contributed by atoms with van der Waals surface area (Å²) in [7, 11) is 0. The fourth-order valence-electron chi connectivity index (χ4n) is 1.25. The minimum atomic E-state index is -0.520. The predicted octanol–water partition coefficient (Wildman–Crippen LogP) is 3.54. The van der Waals surface area contributed by atoms with Gasteiger partial charge in [0.25, 0.3) is 0 Å². The van der Waals surface area contributed by atoms with Crippen LogP contribution in [0.25, 0.3) is 11.1 Å². The Morgan fingerprint density at radius 2 is 1.86 bits per heavy atom. The number of halogens is 2. The fourth-order valence-corrected chi connectivity index (χ4v) is 1.46. The number of hydrogen-bond donors (Lipinski definition) is 0. The molecule has 1 nitrogen and oxygen atoms in total. The molecule has 70 valence electrons. The van der Waals surface area contributed by atoms with Gasteiger partial charge in [-0.3, -0.25) is 0 Å². The molecule has 0 bridgehead atoms. The van der Waals surface area contributed by atoms with Gasteiger partial charge in [0.1, 0.15) is 0 Å². The molecule has 0 aliphatic rings. The lowest BCUT2D eigenvalue weighted by atomic mass is 10.1. The Hall–Kier alpha value is -1.41. The third-order valence-electron chi connectivity index (χ3n) is 1.91. The van der Waals surface area contributed by atoms with Crippen LogP contribution in [0.1, 0.15) is 0 Å². The second-order valence-electron chi connectivity index (χ2n) is 2.85. The van der Waals surface area contributed by atoms with Crippen molar-refractivity contribution in [1.82, 2.24) is 4.98 Å². The van der Waals surface area contributed by atoms with Gasteiger partial charge in [-0.25, -0.2) is 4.98 Å². The first kappa shape index (κ1) is 9.16. The van der Waals surface area contributed by atoms with Crippen molar-refractivity contribution >= 4 is 11.6 Å². The number of rotatable bonds is 1. The first-order valence-electron chi connectivity index (χ1n) is 4.14. The van der Waals surface area contributed by atoms with Crippen molar-refractivity contribution in [2.45, 2.75) is 0 Å². The molecular formula is C11H7ClFN. The third-order valence-corrected chi connectivity index (χ3v) is 2.21. The highest BCUT2D eigenvalue weighted by Crippen LogP contribution is 2.26. The van der Waals surface area contributed by atoms with Gasteiger partial charge in [-0.15, -0.1) is 0 Å². The Morgan fingerprint density at radius 3 is 2.57 bits per heavy atom. The van der Waals surface area contributed by atoms with Crippen LogP contribution in [-0.2, 0) is 0 Å². The summed E-state index contributed by atoms with van der Waals surface area (Å²) >= 11 is 5.90. The monoisotopic (exact) mass is 207 g/mol. The van der Waals surface area contributed by atoms with E-state index in [2.05, 4.69) is 4.98 Å². The van der Waals surface area contributed by atoms with Crippen molar-refractivity contribution in [3.8, 4) is 11.1 Å². The van der Waals surface area contributed by atoms with E-state index in [9.17, 15) is 4.39 Å². The van der Waals surface area contributed by atoms with Crippen LogP contribution in [0.2, 0.25) is 5.02 Å². The van der Waals surface area contributed by atoms with Gasteiger partial charge < -0.3 is 0 Å². The summed E-state index contributed by atoms with van der Waals surface area (Å²) in [5.41, 5.74) is 1.55. The first-order valence-corrected chi connectivity index (χ1v) is 4.51. The molecule has 14 heavy (non-hydrogen) atoms. The van der Waals surface area contributed by atoms with E-state index in [0.29, 0.717) is 10.6 Å². The zero-order valence-corrected chi connectivity index (χ0v) is 8.00. The van der Waals surface area contributed by atoms with Gasteiger partial charge >= 0.3 is 0 Å². The van der Waals surface area contributed by atoms with E-state index in [-0.39, 0.29) is 0 Å². The van der Waals surface area contributed by atoms with Crippen LogP contribution in [-0.4, -0.2) is 4.98 Å². The average molecular weight is 208 g/mol. The van der Waals surface area contributed by atoms with Gasteiger partial charge in [0.15, 0.2) is 0 Å². The van der Waals surface area contributed by atoms with Crippen LogP contribution in [0.5, 0.6) is 0 Å². The van der Waals surface area contributed by atoms with E-state index in [1.54, 1.807) is 0 Å². The molecule has 0 amide bonds. The van der Waals surface area contributed by atoms with Crippen LogP contribution in [0.3, 0.4) is 0 Å². The van der Waals surface area contributed by atoms with E-state index >= 15 is 0 Å². The van der Waals surface area contributed by atoms with Gasteiger partial charge in [-0.2, -0.15) is 4.39 Å². The highest BCUT2D eigenvalue weighted by molar-refractivity contribution is 6.33. The third kappa shape index (κ3) is 1.75. The average Bonchev–Trinajstić information content (AvgIpc) is 2.23. The molecular weight excluding hydrogens is 201 g/mol. The van der Waals surface area contributed by atoms with Crippen LogP contribution in [0, 0.1) is 5.95 Å². The molecule has 0 saturated heterocycles. The van der Waals surface area contributed by atoms with Crippen LogP contribution >= 0.6 is 11.6 Å². The highest BCUT2D eigenvalue weighted by Gasteiger charge is 2.04. The minimum absolute atomic E-state index is 0.456. The van der Waals surface area contributed by atoms with Gasteiger partial charge in [-0.1, -0.05) is 41.9 Å². The van der Waals surface area contributed by atoms with E-state index in [4.69, 9.17) is 11.6 Å². The van der Waals surface area contributed by atoms with Crippen molar-refractivity contribution in [2.24, 2.45) is 0 Å². The van der Waals surface area contributed by atoms with Gasteiger partial charge in [0, 0.05) is 17.8 Å². The zero-order valence-electron chi connectivity index (χ0n) is 7.24. The lowest BCUT2D eigenvalue weighted by molar-refractivity contribution is 0.584. The maximum absolute atomic E-state index is 12.9. The topological polar surface area (TPSA) is 12.9 Å². The van der Waals surface area contributed by atoms with Crippen LogP contribution < -0.4 is 0 Å². The maximum Gasteiger partial charge on any atom is 0.213 e. The fraction of sp³-hybridized carbons (Fsp3) is 0. The van der Waals surface area contributed by atoms with Crippen molar-refractivity contribution in [1.29, 1.82) is 0 Å². The minimum Gasteiger partial charge on any atom is -0.227 e. The van der Waals surface area contributed by atoms with Crippen molar-refractivity contribution < 1.29 is 4.39 Å². The molecule has 0 fully saturated rings. The number of pyridine rings is 1. The van der Waals surface area contributed by atoms with Crippen LogP contribution in [0.15, 0.2) is 42.6 Å². The molecule has 0 aliphatic heterocycles. The smallest absolute Gasteiger partial charge is 0.213 e. The Morgan fingerprint density at radius 1 is 1.14 bits per heavy atom. The van der Waals surface area contributed by atoms with E-state index in [0.717, 1.165) is 5.56 Å². The summed E-state index contributed by atoms with van der Waals surface area (Å²) in [5, 5.41) is 0.456. The van der Waals surface area contributed by atoms with E-state index < -0.39 is 5.95 Å². The second-order valence-corrected chi connectivity index (χ2v) is 3.26. The number of benzene rings is 1. The molecule has 1 aromatic heterocycles. The van der Waals surface area contributed by atoms with E-state index in [1.807, 2.05) is 30.3 Å². The lowest BCUT2D eigenvalue weighted by Crippen LogP contribution is -1.85. The van der Waals surface area contributed by atoms with Crippen LogP contribution in [0.4, 0.5) is 4.39 Å². The molecule has 2 aromatic rings. The number of aromatic nitrogens is 1. The Labute approximate surface area is 86.2 Å². The standard InChI is InChI=1S/C11H7ClFN/c12-10-7-14-11(13)6-9(10)8-4-2-1-3-5-8/h1-7H. The molecule has 0 unspecified atom stereocenters. The van der Waals surface area contributed by atoms with E-state index in [1.165, 1.54) is 12.3 Å². The number of hydrogen-bond acceptors (Lipinski definition) is 1. The summed E-state index contributed by atoms with van der Waals surface area (Å²) in [5.74, 6) is -0.520. The van der Waals surface area contributed by atoms with Crippen molar-refractivity contribution in [2.75, 3.05) is 0 Å². The molecule has 1 heterocycles. The summed E-state index contributed by atoms with van der Waals surface area (Å²) in [4.78, 5) is 3.47. The Balaban J connectivity index is 2.57. The SMILES string of the molecule is Fc1cc(-c2ccccc2)c(Cl)cn1. The predicted molar refractivity (Wildman–Crippen MR) is 54.6 cm³/mol. The Bertz CT molecular complexity index is 442. The van der Waals surface area contributed by atoms with Gasteiger partial charge in [-0.05, 0) is 5.56 Å². The normalized spacial score (nSPS) is 10.1. The summed E-state index contributed by atoms with van der Waals surface area (Å²) in [6.07, 6.45) is 1.32. The van der Waals surface area contributed by atoms with Gasteiger partial charge in [0.05, 0.1) is 5.02 Å². The summed E-state index contributed by atoms with van der Waals surface area (Å²) < 4.78 is 12.9. The molecule has 0 atom stereocenters.